The van der Waals surface area contributed by atoms with Gasteiger partial charge in [0.05, 0.1) is 12.5 Å². The standard InChI is InChI=1S/C11H8F4N2/c12-8-5(1-3-16)9(13)11(15)10(14)7(8)6-2-4-17-6/h6,17H,1-2,4H2. The number of benzene rings is 1. The lowest BCUT2D eigenvalue weighted by Gasteiger charge is -2.29. The Labute approximate surface area is 94.9 Å². The van der Waals surface area contributed by atoms with Gasteiger partial charge in [0.2, 0.25) is 0 Å². The molecule has 1 atom stereocenters. The topological polar surface area (TPSA) is 35.8 Å². The van der Waals surface area contributed by atoms with Crippen LogP contribution in [0.2, 0.25) is 0 Å². The summed E-state index contributed by atoms with van der Waals surface area (Å²) < 4.78 is 53.7. The average molecular weight is 244 g/mol. The highest BCUT2D eigenvalue weighted by Crippen LogP contribution is 2.32. The van der Waals surface area contributed by atoms with Gasteiger partial charge < -0.3 is 5.32 Å². The van der Waals surface area contributed by atoms with Crippen molar-refractivity contribution in [3.63, 3.8) is 0 Å². The highest BCUT2D eigenvalue weighted by Gasteiger charge is 2.32. The molecular formula is C11H8F4N2. The molecule has 1 saturated heterocycles. The Morgan fingerprint density at radius 2 is 1.76 bits per heavy atom. The minimum Gasteiger partial charge on any atom is -0.310 e. The molecule has 0 bridgehead atoms. The van der Waals surface area contributed by atoms with E-state index < -0.39 is 46.9 Å². The van der Waals surface area contributed by atoms with Crippen LogP contribution in [0.4, 0.5) is 17.6 Å². The first-order chi connectivity index (χ1) is 8.07. The maximum atomic E-state index is 13.8. The van der Waals surface area contributed by atoms with Crippen molar-refractivity contribution in [3.8, 4) is 6.07 Å². The van der Waals surface area contributed by atoms with Crippen molar-refractivity contribution in [2.24, 2.45) is 0 Å². The maximum Gasteiger partial charge on any atom is 0.195 e. The lowest BCUT2D eigenvalue weighted by atomic mass is 9.93. The molecule has 1 aliphatic rings. The van der Waals surface area contributed by atoms with Crippen LogP contribution in [0.3, 0.4) is 0 Å². The molecule has 0 radical (unpaired) electrons. The molecular weight excluding hydrogens is 236 g/mol. The Bertz CT molecular complexity index is 503. The van der Waals surface area contributed by atoms with Crippen LogP contribution in [0.15, 0.2) is 0 Å². The number of halogens is 4. The molecule has 17 heavy (non-hydrogen) atoms. The van der Waals surface area contributed by atoms with Crippen molar-refractivity contribution >= 4 is 0 Å². The Balaban J connectivity index is 2.62. The van der Waals surface area contributed by atoms with Gasteiger partial charge in [-0.2, -0.15) is 5.26 Å². The number of nitriles is 1. The van der Waals surface area contributed by atoms with E-state index >= 15 is 0 Å². The summed E-state index contributed by atoms with van der Waals surface area (Å²) in [6.45, 7) is 0.566. The van der Waals surface area contributed by atoms with Crippen LogP contribution < -0.4 is 5.32 Å². The zero-order chi connectivity index (χ0) is 12.6. The molecule has 90 valence electrons. The van der Waals surface area contributed by atoms with Crippen LogP contribution in [0.1, 0.15) is 23.6 Å². The second kappa shape index (κ2) is 4.34. The van der Waals surface area contributed by atoms with Crippen molar-refractivity contribution in [3.05, 3.63) is 34.4 Å². The van der Waals surface area contributed by atoms with E-state index in [2.05, 4.69) is 5.32 Å². The lowest BCUT2D eigenvalue weighted by Crippen LogP contribution is -2.37. The Hall–Kier alpha value is -1.61. The molecule has 1 fully saturated rings. The van der Waals surface area contributed by atoms with Gasteiger partial charge in [-0.3, -0.25) is 0 Å². The van der Waals surface area contributed by atoms with Crippen LogP contribution in [0, 0.1) is 34.6 Å². The molecule has 0 amide bonds. The van der Waals surface area contributed by atoms with Crippen LogP contribution in [-0.4, -0.2) is 6.54 Å². The van der Waals surface area contributed by atoms with Gasteiger partial charge in [-0.05, 0) is 13.0 Å². The highest BCUT2D eigenvalue weighted by molar-refractivity contribution is 5.34. The first kappa shape index (κ1) is 11.9. The normalized spacial score (nSPS) is 18.6. The summed E-state index contributed by atoms with van der Waals surface area (Å²) in [5, 5.41) is 11.1. The van der Waals surface area contributed by atoms with Crippen molar-refractivity contribution < 1.29 is 17.6 Å². The van der Waals surface area contributed by atoms with Gasteiger partial charge >= 0.3 is 0 Å². The van der Waals surface area contributed by atoms with Crippen molar-refractivity contribution in [2.45, 2.75) is 18.9 Å². The first-order valence-corrected chi connectivity index (χ1v) is 5.03. The lowest BCUT2D eigenvalue weighted by molar-refractivity contribution is 0.337. The minimum atomic E-state index is -1.72. The number of rotatable bonds is 2. The Morgan fingerprint density at radius 1 is 1.12 bits per heavy atom. The van der Waals surface area contributed by atoms with Crippen LogP contribution in [0.5, 0.6) is 0 Å². The molecule has 1 heterocycles. The van der Waals surface area contributed by atoms with E-state index in [9.17, 15) is 17.6 Å². The van der Waals surface area contributed by atoms with Gasteiger partial charge in [0, 0.05) is 17.2 Å². The SMILES string of the molecule is N#CCc1c(F)c(F)c(F)c(C2CCN2)c1F. The first-order valence-electron chi connectivity index (χ1n) is 5.03. The Kier molecular flexibility index (Phi) is 3.03. The summed E-state index contributed by atoms with van der Waals surface area (Å²) >= 11 is 0. The second-order valence-corrected chi connectivity index (χ2v) is 3.78. The molecule has 0 saturated carbocycles. The molecule has 1 unspecified atom stereocenters. The van der Waals surface area contributed by atoms with E-state index in [4.69, 9.17) is 5.26 Å². The fraction of sp³-hybridized carbons (Fsp3) is 0.364. The summed E-state index contributed by atoms with van der Waals surface area (Å²) in [4.78, 5) is 0. The van der Waals surface area contributed by atoms with Gasteiger partial charge in [-0.1, -0.05) is 0 Å². The largest absolute Gasteiger partial charge is 0.310 e. The number of nitrogens with one attached hydrogen (secondary N) is 1. The number of hydrogen-bond acceptors (Lipinski definition) is 2. The minimum absolute atomic E-state index is 0.449. The molecule has 1 aromatic rings. The highest BCUT2D eigenvalue weighted by atomic mass is 19.2. The van der Waals surface area contributed by atoms with Crippen molar-refractivity contribution in [1.82, 2.24) is 5.32 Å². The quantitative estimate of drug-likeness (QED) is 0.492. The van der Waals surface area contributed by atoms with E-state index in [1.807, 2.05) is 0 Å². The van der Waals surface area contributed by atoms with Gasteiger partial charge in [0.15, 0.2) is 17.5 Å². The fourth-order valence-electron chi connectivity index (χ4n) is 1.78. The molecule has 0 aliphatic carbocycles. The zero-order valence-corrected chi connectivity index (χ0v) is 8.66. The zero-order valence-electron chi connectivity index (χ0n) is 8.66. The predicted molar refractivity (Wildman–Crippen MR) is 51.0 cm³/mol. The van der Waals surface area contributed by atoms with Crippen LogP contribution in [-0.2, 0) is 6.42 Å². The second-order valence-electron chi connectivity index (χ2n) is 3.78. The average Bonchev–Trinajstić information content (AvgIpc) is 2.25. The van der Waals surface area contributed by atoms with Crippen LogP contribution >= 0.6 is 0 Å². The molecule has 1 N–H and O–H groups in total. The monoisotopic (exact) mass is 244 g/mol. The van der Waals surface area contributed by atoms with Crippen molar-refractivity contribution in [1.29, 1.82) is 5.26 Å². The smallest absolute Gasteiger partial charge is 0.195 e. The summed E-state index contributed by atoms with van der Waals surface area (Å²) in [6, 6.07) is 0.875. The molecule has 6 heteroatoms. The molecule has 2 rings (SSSR count). The summed E-state index contributed by atoms with van der Waals surface area (Å²) in [7, 11) is 0. The van der Waals surface area contributed by atoms with Gasteiger partial charge in [0.1, 0.15) is 5.82 Å². The molecule has 2 nitrogen and oxygen atoms in total. The predicted octanol–water partition coefficient (Wildman–Crippen LogP) is 2.34. The number of hydrogen-bond donors (Lipinski definition) is 1. The van der Waals surface area contributed by atoms with E-state index in [-0.39, 0.29) is 0 Å². The summed E-state index contributed by atoms with van der Waals surface area (Å²) in [6.07, 6.45) is -0.181. The maximum absolute atomic E-state index is 13.8. The number of nitrogens with zero attached hydrogens (tertiary/aromatic N) is 1. The van der Waals surface area contributed by atoms with Gasteiger partial charge in [-0.15, -0.1) is 0 Å². The molecule has 0 spiro atoms. The summed E-state index contributed by atoms with van der Waals surface area (Å²) in [5.41, 5.74) is -1.23. The third kappa shape index (κ3) is 1.76. The van der Waals surface area contributed by atoms with Crippen LogP contribution in [0.25, 0.3) is 0 Å². The van der Waals surface area contributed by atoms with E-state index in [0.29, 0.717) is 13.0 Å². The third-order valence-corrected chi connectivity index (χ3v) is 2.82. The van der Waals surface area contributed by atoms with Gasteiger partial charge in [0.25, 0.3) is 0 Å². The summed E-state index contributed by atoms with van der Waals surface area (Å²) in [5.74, 6) is -6.02. The molecule has 0 aromatic heterocycles. The van der Waals surface area contributed by atoms with E-state index in [1.165, 1.54) is 6.07 Å². The fourth-order valence-corrected chi connectivity index (χ4v) is 1.78. The third-order valence-electron chi connectivity index (χ3n) is 2.82. The Morgan fingerprint density at radius 3 is 2.24 bits per heavy atom. The van der Waals surface area contributed by atoms with Crippen molar-refractivity contribution in [2.75, 3.05) is 6.54 Å². The van der Waals surface area contributed by atoms with E-state index in [1.54, 1.807) is 0 Å². The van der Waals surface area contributed by atoms with E-state index in [0.717, 1.165) is 0 Å². The van der Waals surface area contributed by atoms with Gasteiger partial charge in [-0.25, -0.2) is 17.6 Å². The molecule has 1 aliphatic heterocycles. The molecule has 1 aromatic carbocycles.